The minimum absolute atomic E-state index is 0.0194. The first-order valence-corrected chi connectivity index (χ1v) is 11.6. The predicted molar refractivity (Wildman–Crippen MR) is 127 cm³/mol. The summed E-state index contributed by atoms with van der Waals surface area (Å²) in [5.74, 6) is 0.725. The van der Waals surface area contributed by atoms with E-state index >= 15 is 0 Å². The first-order valence-electron chi connectivity index (χ1n) is 9.81. The standard InChI is InChI=1S/C23H26N2O3S2/c1-6-29-23-14(3)21(27)18-12-13(2)11-17(22(18)28-23)15(4)24-19-9-7-8-10-20(19)30-25-16(5)26/h7-12,15,24H,6H2,1-5H3,(H,25,26). The van der Waals surface area contributed by atoms with Crippen LogP contribution in [0, 0.1) is 13.8 Å². The van der Waals surface area contributed by atoms with Crippen molar-refractivity contribution < 1.29 is 9.21 Å². The number of thioether (sulfide) groups is 1. The van der Waals surface area contributed by atoms with E-state index in [0.29, 0.717) is 21.6 Å². The number of hydrogen-bond acceptors (Lipinski definition) is 6. The van der Waals surface area contributed by atoms with E-state index in [4.69, 9.17) is 4.42 Å². The van der Waals surface area contributed by atoms with Gasteiger partial charge in [0, 0.05) is 18.1 Å². The molecular formula is C23H26N2O3S2. The van der Waals surface area contributed by atoms with Gasteiger partial charge in [-0.05, 0) is 62.2 Å². The minimum Gasteiger partial charge on any atom is -0.449 e. The summed E-state index contributed by atoms with van der Waals surface area (Å²) in [6.07, 6.45) is 0. The summed E-state index contributed by atoms with van der Waals surface area (Å²) in [5.41, 5.74) is 4.14. The van der Waals surface area contributed by atoms with Crippen LogP contribution in [0.2, 0.25) is 0 Å². The van der Waals surface area contributed by atoms with Crippen molar-refractivity contribution in [2.24, 2.45) is 0 Å². The molecule has 30 heavy (non-hydrogen) atoms. The first kappa shape index (κ1) is 22.3. The van der Waals surface area contributed by atoms with Crippen LogP contribution >= 0.6 is 23.7 Å². The molecule has 2 N–H and O–H groups in total. The predicted octanol–water partition coefficient (Wildman–Crippen LogP) is 5.84. The fourth-order valence-corrected chi connectivity index (χ4v) is 4.60. The van der Waals surface area contributed by atoms with Gasteiger partial charge in [-0.25, -0.2) is 0 Å². The maximum absolute atomic E-state index is 13.0. The maximum Gasteiger partial charge on any atom is 0.226 e. The quantitative estimate of drug-likeness (QED) is 0.354. The number of para-hydroxylation sites is 1. The molecule has 0 bridgehead atoms. The summed E-state index contributed by atoms with van der Waals surface area (Å²) in [6, 6.07) is 11.6. The van der Waals surface area contributed by atoms with Gasteiger partial charge in [0.1, 0.15) is 5.58 Å². The van der Waals surface area contributed by atoms with E-state index < -0.39 is 0 Å². The number of fused-ring (bicyclic) bond motifs is 1. The molecule has 0 spiro atoms. The third-order valence-electron chi connectivity index (χ3n) is 4.65. The van der Waals surface area contributed by atoms with Gasteiger partial charge in [0.2, 0.25) is 5.91 Å². The van der Waals surface area contributed by atoms with Gasteiger partial charge in [0.25, 0.3) is 0 Å². The first-order chi connectivity index (χ1) is 14.3. The number of aryl methyl sites for hydroxylation is 1. The molecule has 1 heterocycles. The summed E-state index contributed by atoms with van der Waals surface area (Å²) in [5, 5.41) is 4.80. The molecule has 0 aliphatic carbocycles. The largest absolute Gasteiger partial charge is 0.449 e. The molecule has 7 heteroatoms. The lowest BCUT2D eigenvalue weighted by atomic mass is 10.0. The van der Waals surface area contributed by atoms with E-state index in [1.807, 2.05) is 58.0 Å². The number of amides is 1. The Kier molecular flexibility index (Phi) is 7.15. The number of carbonyl (C=O) groups is 1. The molecule has 0 aliphatic heterocycles. The second-order valence-electron chi connectivity index (χ2n) is 7.13. The lowest BCUT2D eigenvalue weighted by molar-refractivity contribution is -0.117. The Morgan fingerprint density at radius 1 is 1.20 bits per heavy atom. The van der Waals surface area contributed by atoms with E-state index in [1.54, 1.807) is 11.8 Å². The number of rotatable bonds is 7. The number of nitrogens with one attached hydrogen (secondary N) is 2. The van der Waals surface area contributed by atoms with Crippen LogP contribution in [0.1, 0.15) is 43.5 Å². The number of hydrogen-bond donors (Lipinski definition) is 2. The molecular weight excluding hydrogens is 416 g/mol. The van der Waals surface area contributed by atoms with Crippen LogP contribution in [0.25, 0.3) is 11.0 Å². The Morgan fingerprint density at radius 3 is 2.63 bits per heavy atom. The van der Waals surface area contributed by atoms with Gasteiger partial charge < -0.3 is 9.73 Å². The van der Waals surface area contributed by atoms with Crippen LogP contribution in [0.4, 0.5) is 5.69 Å². The molecule has 3 rings (SSSR count). The average Bonchev–Trinajstić information content (AvgIpc) is 2.71. The van der Waals surface area contributed by atoms with Gasteiger partial charge >= 0.3 is 0 Å². The monoisotopic (exact) mass is 442 g/mol. The zero-order valence-corrected chi connectivity index (χ0v) is 19.4. The fourth-order valence-electron chi connectivity index (χ4n) is 3.25. The molecule has 5 nitrogen and oxygen atoms in total. The van der Waals surface area contributed by atoms with Crippen molar-refractivity contribution in [2.45, 2.75) is 50.6 Å². The van der Waals surface area contributed by atoms with Crippen molar-refractivity contribution in [1.29, 1.82) is 0 Å². The highest BCUT2D eigenvalue weighted by atomic mass is 32.2. The number of carbonyl (C=O) groups excluding carboxylic acids is 1. The molecule has 1 aromatic heterocycles. The van der Waals surface area contributed by atoms with Gasteiger partial charge in [-0.1, -0.05) is 36.9 Å². The molecule has 1 amide bonds. The summed E-state index contributed by atoms with van der Waals surface area (Å²) in [7, 11) is 0. The normalized spacial score (nSPS) is 12.0. The molecule has 1 unspecified atom stereocenters. The fraction of sp³-hybridized carbons (Fsp3) is 0.304. The molecule has 0 radical (unpaired) electrons. The molecule has 0 saturated heterocycles. The number of benzene rings is 2. The Bertz CT molecular complexity index is 1140. The van der Waals surface area contributed by atoms with Crippen molar-refractivity contribution in [2.75, 3.05) is 11.1 Å². The van der Waals surface area contributed by atoms with Crippen molar-refractivity contribution in [3.05, 3.63) is 63.3 Å². The molecule has 3 aromatic rings. The average molecular weight is 443 g/mol. The summed E-state index contributed by atoms with van der Waals surface area (Å²) in [4.78, 5) is 25.2. The van der Waals surface area contributed by atoms with Crippen LogP contribution in [0.3, 0.4) is 0 Å². The van der Waals surface area contributed by atoms with E-state index in [1.165, 1.54) is 18.9 Å². The Labute approximate surface area is 185 Å². The highest BCUT2D eigenvalue weighted by Gasteiger charge is 2.19. The Morgan fingerprint density at radius 2 is 1.93 bits per heavy atom. The van der Waals surface area contributed by atoms with Gasteiger partial charge in [-0.15, -0.1) is 0 Å². The van der Waals surface area contributed by atoms with Gasteiger partial charge in [0.15, 0.2) is 10.5 Å². The second kappa shape index (κ2) is 9.62. The summed E-state index contributed by atoms with van der Waals surface area (Å²) < 4.78 is 8.99. The third kappa shape index (κ3) is 4.84. The van der Waals surface area contributed by atoms with E-state index in [2.05, 4.69) is 16.1 Å². The van der Waals surface area contributed by atoms with Crippen LogP contribution in [-0.2, 0) is 4.79 Å². The molecule has 0 fully saturated rings. The highest BCUT2D eigenvalue weighted by Crippen LogP contribution is 2.33. The second-order valence-corrected chi connectivity index (χ2v) is 9.21. The molecule has 158 valence electrons. The van der Waals surface area contributed by atoms with Gasteiger partial charge in [-0.2, -0.15) is 0 Å². The van der Waals surface area contributed by atoms with Crippen molar-refractivity contribution in [1.82, 2.24) is 4.72 Å². The molecule has 2 aromatic carbocycles. The molecule has 0 aliphatic rings. The zero-order valence-electron chi connectivity index (χ0n) is 17.8. The van der Waals surface area contributed by atoms with Crippen LogP contribution in [0.15, 0.2) is 55.6 Å². The lowest BCUT2D eigenvalue weighted by Crippen LogP contribution is -2.13. The number of anilines is 1. The third-order valence-corrected chi connectivity index (χ3v) is 6.56. The maximum atomic E-state index is 13.0. The summed E-state index contributed by atoms with van der Waals surface area (Å²) in [6.45, 7) is 9.38. The van der Waals surface area contributed by atoms with E-state index in [0.717, 1.165) is 27.5 Å². The van der Waals surface area contributed by atoms with Crippen LogP contribution < -0.4 is 15.5 Å². The van der Waals surface area contributed by atoms with Crippen LogP contribution in [0.5, 0.6) is 0 Å². The topological polar surface area (TPSA) is 71.3 Å². The van der Waals surface area contributed by atoms with Crippen molar-refractivity contribution >= 4 is 46.3 Å². The Hall–Kier alpha value is -2.38. The van der Waals surface area contributed by atoms with Gasteiger partial charge in [-0.3, -0.25) is 14.3 Å². The zero-order chi connectivity index (χ0) is 21.8. The summed E-state index contributed by atoms with van der Waals surface area (Å²) >= 11 is 2.81. The lowest BCUT2D eigenvalue weighted by Gasteiger charge is -2.20. The molecule has 1 atom stereocenters. The molecule has 0 saturated carbocycles. The van der Waals surface area contributed by atoms with E-state index in [9.17, 15) is 9.59 Å². The van der Waals surface area contributed by atoms with Crippen molar-refractivity contribution in [3.63, 3.8) is 0 Å². The van der Waals surface area contributed by atoms with Gasteiger partial charge in [0.05, 0.1) is 22.0 Å². The van der Waals surface area contributed by atoms with Crippen LogP contribution in [-0.4, -0.2) is 11.7 Å². The SMILES string of the molecule is CCSc1oc2c(C(C)Nc3ccccc3SNC(C)=O)cc(C)cc2c(=O)c1C. The Balaban J connectivity index is 2.04. The van der Waals surface area contributed by atoms with Crippen molar-refractivity contribution in [3.8, 4) is 0 Å². The highest BCUT2D eigenvalue weighted by molar-refractivity contribution is 7.99. The smallest absolute Gasteiger partial charge is 0.226 e. The minimum atomic E-state index is -0.114. The van der Waals surface area contributed by atoms with E-state index in [-0.39, 0.29) is 17.4 Å².